The molecule has 9 heteroatoms. The third-order valence-electron chi connectivity index (χ3n) is 5.17. The lowest BCUT2D eigenvalue weighted by Gasteiger charge is -2.13. The van der Waals surface area contributed by atoms with Crippen LogP contribution in [0.4, 0.5) is 17.1 Å². The van der Waals surface area contributed by atoms with Crippen molar-refractivity contribution in [3.8, 4) is 0 Å². The number of carbonyl (C=O) groups excluding carboxylic acids is 1. The van der Waals surface area contributed by atoms with Crippen LogP contribution in [0.2, 0.25) is 0 Å². The Balaban J connectivity index is 1.57. The van der Waals surface area contributed by atoms with Crippen molar-refractivity contribution in [2.75, 3.05) is 10.6 Å². The number of aryl methyl sites for hydroxylation is 2. The first-order chi connectivity index (χ1) is 15.8. The Labute approximate surface area is 192 Å². The van der Waals surface area contributed by atoms with Gasteiger partial charge in [0.2, 0.25) is 0 Å². The zero-order valence-corrected chi connectivity index (χ0v) is 18.8. The highest BCUT2D eigenvalue weighted by molar-refractivity contribution is 7.78. The van der Waals surface area contributed by atoms with Crippen molar-refractivity contribution in [2.24, 2.45) is 7.05 Å². The minimum Gasteiger partial charge on any atom is -0.355 e. The highest BCUT2D eigenvalue weighted by Gasteiger charge is 2.10. The summed E-state index contributed by atoms with van der Waals surface area (Å²) in [5, 5.41) is 6.67. The number of aromatic nitrogens is 2. The second-order valence-electron chi connectivity index (χ2n) is 7.67. The van der Waals surface area contributed by atoms with E-state index in [-0.39, 0.29) is 17.2 Å². The van der Waals surface area contributed by atoms with Crippen molar-refractivity contribution >= 4 is 45.0 Å². The number of rotatable bonds is 6. The summed E-state index contributed by atoms with van der Waals surface area (Å²) in [7, 11) is 1.66. The van der Waals surface area contributed by atoms with Crippen LogP contribution in [-0.4, -0.2) is 24.2 Å². The molecule has 0 saturated carbocycles. The summed E-state index contributed by atoms with van der Waals surface area (Å²) in [6.07, 6.45) is 1.49. The number of nitrogens with one attached hydrogen (secondary N) is 2. The molecule has 1 unspecified atom stereocenters. The van der Waals surface area contributed by atoms with Gasteiger partial charge in [-0.2, -0.15) is 0 Å². The van der Waals surface area contributed by atoms with E-state index in [1.165, 1.54) is 10.9 Å². The van der Waals surface area contributed by atoms with Gasteiger partial charge in [-0.3, -0.25) is 9.59 Å². The van der Waals surface area contributed by atoms with Crippen molar-refractivity contribution in [1.82, 2.24) is 9.55 Å². The number of hydrogen-bond acceptors (Lipinski definition) is 5. The molecule has 0 saturated heterocycles. The molecule has 1 aromatic heterocycles. The van der Waals surface area contributed by atoms with E-state index in [0.29, 0.717) is 27.7 Å². The van der Waals surface area contributed by atoms with E-state index >= 15 is 0 Å². The highest BCUT2D eigenvalue weighted by Crippen LogP contribution is 2.26. The molecule has 1 atom stereocenters. The second kappa shape index (κ2) is 9.35. The van der Waals surface area contributed by atoms with Gasteiger partial charge in [0.15, 0.2) is 11.1 Å². The van der Waals surface area contributed by atoms with Crippen LogP contribution in [0.1, 0.15) is 21.5 Å². The molecule has 33 heavy (non-hydrogen) atoms. The van der Waals surface area contributed by atoms with Crippen LogP contribution in [0.15, 0.2) is 71.8 Å². The van der Waals surface area contributed by atoms with Gasteiger partial charge in [-0.15, -0.1) is 0 Å². The molecule has 0 aliphatic rings. The fourth-order valence-corrected chi connectivity index (χ4v) is 3.89. The summed E-state index contributed by atoms with van der Waals surface area (Å²) in [6, 6.07) is 17.5. The summed E-state index contributed by atoms with van der Waals surface area (Å²) in [5.74, 6) is -0.361. The van der Waals surface area contributed by atoms with Crippen molar-refractivity contribution in [1.29, 1.82) is 0 Å². The number of hydrogen-bond donors (Lipinski definition) is 3. The lowest BCUT2D eigenvalue weighted by atomic mass is 10.1. The van der Waals surface area contributed by atoms with Crippen LogP contribution < -0.4 is 16.2 Å². The van der Waals surface area contributed by atoms with Gasteiger partial charge in [0.05, 0.1) is 23.0 Å². The molecule has 4 aromatic rings. The van der Waals surface area contributed by atoms with E-state index in [2.05, 4.69) is 15.6 Å². The van der Waals surface area contributed by atoms with Gasteiger partial charge in [-0.25, -0.2) is 9.19 Å². The first-order valence-corrected chi connectivity index (χ1v) is 11.4. The van der Waals surface area contributed by atoms with Crippen molar-refractivity contribution < 1.29 is 13.6 Å². The standard InChI is InChI=1S/C24H22N4O4S/c1-15-6-7-19(27-23(29)17-5-3-4-16(10-17)13-33(31)32)12-22(15)26-18-8-9-21-20(11-18)24(30)28(2)14-25-21/h3-12,14,26H,13H2,1-2H3,(H,27,29)(H,31,32). The van der Waals surface area contributed by atoms with Crippen LogP contribution in [0, 0.1) is 6.92 Å². The normalized spacial score (nSPS) is 11.8. The molecule has 0 aliphatic carbocycles. The maximum absolute atomic E-state index is 12.7. The third kappa shape index (κ3) is 5.16. The number of carbonyl (C=O) groups is 1. The van der Waals surface area contributed by atoms with Crippen molar-refractivity contribution in [2.45, 2.75) is 12.7 Å². The maximum Gasteiger partial charge on any atom is 0.260 e. The fraction of sp³-hybridized carbons (Fsp3) is 0.125. The fourth-order valence-electron chi connectivity index (χ4n) is 3.43. The monoisotopic (exact) mass is 462 g/mol. The Hall–Kier alpha value is -3.82. The van der Waals surface area contributed by atoms with Gasteiger partial charge in [0, 0.05) is 29.7 Å². The van der Waals surface area contributed by atoms with E-state index in [4.69, 9.17) is 4.55 Å². The summed E-state index contributed by atoms with van der Waals surface area (Å²) in [6.45, 7) is 1.94. The molecule has 0 aliphatic heterocycles. The van der Waals surface area contributed by atoms with Gasteiger partial charge < -0.3 is 19.8 Å². The Morgan fingerprint density at radius 1 is 1.09 bits per heavy atom. The van der Waals surface area contributed by atoms with Crippen molar-refractivity contribution in [3.63, 3.8) is 0 Å². The van der Waals surface area contributed by atoms with Crippen LogP contribution >= 0.6 is 0 Å². The second-order valence-corrected chi connectivity index (χ2v) is 8.60. The molecule has 1 heterocycles. The molecule has 0 spiro atoms. The van der Waals surface area contributed by atoms with E-state index in [1.807, 2.05) is 25.1 Å². The van der Waals surface area contributed by atoms with E-state index in [1.54, 1.807) is 49.5 Å². The molecular weight excluding hydrogens is 440 g/mol. The third-order valence-corrected chi connectivity index (χ3v) is 5.75. The van der Waals surface area contributed by atoms with Gasteiger partial charge in [0.1, 0.15) is 0 Å². The smallest absolute Gasteiger partial charge is 0.260 e. The quantitative estimate of drug-likeness (QED) is 0.374. The average molecular weight is 463 g/mol. The van der Waals surface area contributed by atoms with Crippen LogP contribution in [0.3, 0.4) is 0 Å². The molecule has 1 amide bonds. The summed E-state index contributed by atoms with van der Waals surface area (Å²) >= 11 is -1.98. The predicted octanol–water partition coefficient (Wildman–Crippen LogP) is 3.96. The van der Waals surface area contributed by atoms with Crippen LogP contribution in [-0.2, 0) is 23.9 Å². The minimum atomic E-state index is -1.98. The first kappa shape index (κ1) is 22.4. The Bertz CT molecular complexity index is 1450. The number of benzene rings is 3. The summed E-state index contributed by atoms with van der Waals surface area (Å²) in [5.41, 5.74) is 4.53. The number of amides is 1. The van der Waals surface area contributed by atoms with Crippen molar-refractivity contribution in [3.05, 3.63) is 94.0 Å². The van der Waals surface area contributed by atoms with Gasteiger partial charge in [0.25, 0.3) is 11.5 Å². The topological polar surface area (TPSA) is 113 Å². The van der Waals surface area contributed by atoms with E-state index < -0.39 is 11.1 Å². The highest BCUT2D eigenvalue weighted by atomic mass is 32.2. The first-order valence-electron chi connectivity index (χ1n) is 10.1. The average Bonchev–Trinajstić information content (AvgIpc) is 2.78. The van der Waals surface area contributed by atoms with Gasteiger partial charge >= 0.3 is 0 Å². The summed E-state index contributed by atoms with van der Waals surface area (Å²) < 4.78 is 21.6. The lowest BCUT2D eigenvalue weighted by Crippen LogP contribution is -2.16. The van der Waals surface area contributed by atoms with E-state index in [9.17, 15) is 13.8 Å². The molecule has 8 nitrogen and oxygen atoms in total. The van der Waals surface area contributed by atoms with Crippen LogP contribution in [0.25, 0.3) is 10.9 Å². The Morgan fingerprint density at radius 2 is 1.88 bits per heavy atom. The molecule has 3 N–H and O–H groups in total. The molecule has 0 fully saturated rings. The van der Waals surface area contributed by atoms with Crippen LogP contribution in [0.5, 0.6) is 0 Å². The minimum absolute atomic E-state index is 0.0376. The number of anilines is 3. The Morgan fingerprint density at radius 3 is 2.67 bits per heavy atom. The largest absolute Gasteiger partial charge is 0.355 e. The maximum atomic E-state index is 12.7. The molecule has 168 valence electrons. The molecule has 0 radical (unpaired) electrons. The van der Waals surface area contributed by atoms with Gasteiger partial charge in [-0.05, 0) is 60.5 Å². The number of nitrogens with zero attached hydrogens (tertiary/aromatic N) is 2. The molecular formula is C24H22N4O4S. The number of fused-ring (bicyclic) bond motifs is 1. The van der Waals surface area contributed by atoms with E-state index in [0.717, 1.165) is 16.9 Å². The molecule has 3 aromatic carbocycles. The summed E-state index contributed by atoms with van der Waals surface area (Å²) in [4.78, 5) is 29.4. The van der Waals surface area contributed by atoms with Gasteiger partial charge in [-0.1, -0.05) is 18.2 Å². The molecule has 4 rings (SSSR count). The molecule has 0 bridgehead atoms. The Kier molecular flexibility index (Phi) is 6.34. The zero-order valence-electron chi connectivity index (χ0n) is 18.0. The lowest BCUT2D eigenvalue weighted by molar-refractivity contribution is 0.102. The zero-order chi connectivity index (χ0) is 23.5. The predicted molar refractivity (Wildman–Crippen MR) is 130 cm³/mol. The SMILES string of the molecule is Cc1ccc(NC(=O)c2cccc(CS(=O)O)c2)cc1Nc1ccc2ncn(C)c(=O)c2c1.